The molecule has 1 aliphatic heterocycles. The highest BCUT2D eigenvalue weighted by molar-refractivity contribution is 5.95. The van der Waals surface area contributed by atoms with Gasteiger partial charge in [-0.1, -0.05) is 38.1 Å². The lowest BCUT2D eigenvalue weighted by Gasteiger charge is -2.29. The average molecular weight is 354 g/mol. The first-order chi connectivity index (χ1) is 12.3. The summed E-state index contributed by atoms with van der Waals surface area (Å²) in [5.74, 6) is -0.00747. The van der Waals surface area contributed by atoms with Gasteiger partial charge >= 0.3 is 11.7 Å². The van der Waals surface area contributed by atoms with Crippen molar-refractivity contribution in [3.63, 3.8) is 0 Å². The Balaban J connectivity index is 2.24. The molecule has 0 aliphatic carbocycles. The maximum absolute atomic E-state index is 12.5. The van der Waals surface area contributed by atoms with Gasteiger partial charge in [-0.25, -0.2) is 9.59 Å². The van der Waals surface area contributed by atoms with Crippen LogP contribution < -0.4 is 16.7 Å². The second-order valence-electron chi connectivity index (χ2n) is 6.63. The Hall–Kier alpha value is -3.09. The number of esters is 1. The van der Waals surface area contributed by atoms with Crippen LogP contribution in [0.15, 0.2) is 40.3 Å². The molecule has 136 valence electrons. The Morgan fingerprint density at radius 2 is 1.92 bits per heavy atom. The molecule has 7 nitrogen and oxygen atoms in total. The molecule has 1 aromatic heterocycles. The van der Waals surface area contributed by atoms with Crippen LogP contribution in [-0.2, 0) is 9.53 Å². The number of nitrogens with one attached hydrogen (secondary N) is 2. The van der Waals surface area contributed by atoms with E-state index in [0.29, 0.717) is 28.6 Å². The number of allylic oxidation sites excluding steroid dienone is 1. The van der Waals surface area contributed by atoms with Gasteiger partial charge in [0.2, 0.25) is 0 Å². The van der Waals surface area contributed by atoms with Crippen LogP contribution in [0, 0.1) is 0 Å². The molecule has 7 heteroatoms. The number of nitrogen functional groups attached to an aromatic ring is 1. The molecule has 2 aromatic rings. The highest BCUT2D eigenvalue weighted by atomic mass is 16.5. The van der Waals surface area contributed by atoms with E-state index < -0.39 is 17.6 Å². The topological polar surface area (TPSA) is 110 Å². The first-order valence-corrected chi connectivity index (χ1v) is 8.39. The van der Waals surface area contributed by atoms with Crippen molar-refractivity contribution in [3.8, 4) is 0 Å². The van der Waals surface area contributed by atoms with E-state index in [2.05, 4.69) is 29.1 Å². The van der Waals surface area contributed by atoms with Crippen molar-refractivity contribution in [2.45, 2.75) is 32.6 Å². The summed E-state index contributed by atoms with van der Waals surface area (Å²) in [6.07, 6.45) is 0. The molecule has 2 heterocycles. The highest BCUT2D eigenvalue weighted by Crippen LogP contribution is 2.43. The quantitative estimate of drug-likeness (QED) is 0.731. The highest BCUT2D eigenvalue weighted by Gasteiger charge is 2.35. The van der Waals surface area contributed by atoms with Crippen LogP contribution in [0.5, 0.6) is 0 Å². The maximum Gasteiger partial charge on any atom is 0.348 e. The number of ether oxygens (including phenoxy) is 1. The first kappa shape index (κ1) is 17.7. The molecule has 1 atom stereocenters. The van der Waals surface area contributed by atoms with E-state index in [1.165, 1.54) is 12.7 Å². The second-order valence-corrected chi connectivity index (χ2v) is 6.63. The summed E-state index contributed by atoms with van der Waals surface area (Å²) in [6.45, 7) is 5.99. The maximum atomic E-state index is 12.5. The van der Waals surface area contributed by atoms with Crippen molar-refractivity contribution < 1.29 is 9.53 Å². The lowest BCUT2D eigenvalue weighted by Crippen LogP contribution is -2.28. The third kappa shape index (κ3) is 2.96. The molecule has 0 radical (unpaired) electrons. The van der Waals surface area contributed by atoms with E-state index in [9.17, 15) is 9.59 Å². The monoisotopic (exact) mass is 354 g/mol. The third-order valence-electron chi connectivity index (χ3n) is 4.63. The Morgan fingerprint density at radius 1 is 1.27 bits per heavy atom. The van der Waals surface area contributed by atoms with Crippen LogP contribution in [0.25, 0.3) is 0 Å². The number of fused-ring (bicyclic) bond motifs is 1. The second kappa shape index (κ2) is 6.67. The normalized spacial score (nSPS) is 16.3. The van der Waals surface area contributed by atoms with Crippen molar-refractivity contribution in [3.05, 3.63) is 62.7 Å². The molecule has 0 amide bonds. The van der Waals surface area contributed by atoms with Crippen LogP contribution in [0.2, 0.25) is 0 Å². The fraction of sp³-hybridized carbons (Fsp3) is 0.316. The van der Waals surface area contributed by atoms with Gasteiger partial charge in [0.25, 0.3) is 0 Å². The lowest BCUT2D eigenvalue weighted by atomic mass is 9.81. The zero-order valence-electron chi connectivity index (χ0n) is 15.2. The molecule has 1 aliphatic rings. The van der Waals surface area contributed by atoms with Crippen molar-refractivity contribution >= 4 is 17.6 Å². The minimum Gasteiger partial charge on any atom is -0.466 e. The predicted octanol–water partition coefficient (Wildman–Crippen LogP) is 2.48. The van der Waals surface area contributed by atoms with Gasteiger partial charge in [-0.15, -0.1) is 0 Å². The van der Waals surface area contributed by atoms with Crippen molar-refractivity contribution in [2.75, 3.05) is 18.2 Å². The van der Waals surface area contributed by atoms with Gasteiger partial charge in [0.1, 0.15) is 11.6 Å². The summed E-state index contributed by atoms with van der Waals surface area (Å²) in [4.78, 5) is 30.7. The number of aromatic nitrogens is 2. The summed E-state index contributed by atoms with van der Waals surface area (Å²) in [7, 11) is 1.34. The average Bonchev–Trinajstić information content (AvgIpc) is 2.59. The van der Waals surface area contributed by atoms with Gasteiger partial charge < -0.3 is 15.8 Å². The van der Waals surface area contributed by atoms with Gasteiger partial charge in [-0.2, -0.15) is 4.98 Å². The Kier molecular flexibility index (Phi) is 4.54. The minimum absolute atomic E-state index is 0.180. The van der Waals surface area contributed by atoms with Gasteiger partial charge in [0.05, 0.1) is 18.6 Å². The Labute approximate surface area is 151 Å². The third-order valence-corrected chi connectivity index (χ3v) is 4.63. The molecule has 4 N–H and O–H groups in total. The number of carbonyl (C=O) groups excluding carboxylic acids is 1. The number of methoxy groups -OCH3 is 1. The summed E-state index contributed by atoms with van der Waals surface area (Å²) >= 11 is 0. The largest absolute Gasteiger partial charge is 0.466 e. The molecule has 0 spiro atoms. The summed E-state index contributed by atoms with van der Waals surface area (Å²) in [5.41, 5.74) is 9.19. The summed E-state index contributed by atoms with van der Waals surface area (Å²) in [5, 5.41) is 3.00. The molecule has 1 unspecified atom stereocenters. The van der Waals surface area contributed by atoms with Gasteiger partial charge in [-0.3, -0.25) is 4.98 Å². The number of carbonyl (C=O) groups is 1. The molecule has 0 saturated carbocycles. The zero-order chi connectivity index (χ0) is 19.0. The molecule has 0 bridgehead atoms. The molecular weight excluding hydrogens is 332 g/mol. The first-order valence-electron chi connectivity index (χ1n) is 8.39. The predicted molar refractivity (Wildman–Crippen MR) is 100.0 cm³/mol. The number of anilines is 2. The smallest absolute Gasteiger partial charge is 0.348 e. The van der Waals surface area contributed by atoms with E-state index >= 15 is 0 Å². The van der Waals surface area contributed by atoms with Crippen LogP contribution in [0.3, 0.4) is 0 Å². The SMILES string of the molecule is COC(=O)C1=C(C)Nc2nc(=O)[nH]c(N)c2C1c1ccc(C(C)C)cc1. The van der Waals surface area contributed by atoms with Crippen LogP contribution in [0.4, 0.5) is 11.6 Å². The number of hydrogen-bond donors (Lipinski definition) is 3. The number of H-pyrrole nitrogens is 1. The molecule has 0 fully saturated rings. The zero-order valence-corrected chi connectivity index (χ0v) is 15.2. The lowest BCUT2D eigenvalue weighted by molar-refractivity contribution is -0.136. The van der Waals surface area contributed by atoms with Crippen LogP contribution >= 0.6 is 0 Å². The molecule has 1 aromatic carbocycles. The van der Waals surface area contributed by atoms with Gasteiger partial charge in [0.15, 0.2) is 0 Å². The van der Waals surface area contributed by atoms with E-state index in [0.717, 1.165) is 5.56 Å². The van der Waals surface area contributed by atoms with Crippen LogP contribution in [0.1, 0.15) is 49.3 Å². The number of benzene rings is 1. The fourth-order valence-electron chi connectivity index (χ4n) is 3.28. The fourth-order valence-corrected chi connectivity index (χ4v) is 3.28. The van der Waals surface area contributed by atoms with E-state index in [-0.39, 0.29) is 5.82 Å². The summed E-state index contributed by atoms with van der Waals surface area (Å²) < 4.78 is 4.98. The van der Waals surface area contributed by atoms with Crippen molar-refractivity contribution in [2.24, 2.45) is 0 Å². The van der Waals surface area contributed by atoms with E-state index in [1.807, 2.05) is 24.3 Å². The van der Waals surface area contributed by atoms with Gasteiger partial charge in [-0.05, 0) is 24.0 Å². The molecule has 26 heavy (non-hydrogen) atoms. The number of aromatic amines is 1. The number of hydrogen-bond acceptors (Lipinski definition) is 6. The molecular formula is C19H22N4O3. The summed E-state index contributed by atoms with van der Waals surface area (Å²) in [6, 6.07) is 7.99. The standard InChI is InChI=1S/C19H22N4O3/c1-9(2)11-5-7-12(8-6-11)14-13(18(24)26-4)10(3)21-17-15(14)16(20)22-19(25)23-17/h5-9,14H,1-4H3,(H4,20,21,22,23,25). The van der Waals surface area contributed by atoms with E-state index in [1.54, 1.807) is 6.92 Å². The molecule has 0 saturated heterocycles. The molecule has 3 rings (SSSR count). The number of rotatable bonds is 3. The van der Waals surface area contributed by atoms with E-state index in [4.69, 9.17) is 10.5 Å². The van der Waals surface area contributed by atoms with Gasteiger partial charge in [0, 0.05) is 11.3 Å². The van der Waals surface area contributed by atoms with Crippen LogP contribution in [-0.4, -0.2) is 23.0 Å². The number of nitrogens with two attached hydrogens (primary N) is 1. The van der Waals surface area contributed by atoms with Crippen molar-refractivity contribution in [1.82, 2.24) is 9.97 Å². The van der Waals surface area contributed by atoms with Crippen molar-refractivity contribution in [1.29, 1.82) is 0 Å². The number of nitrogens with zero attached hydrogens (tertiary/aromatic N) is 1. The minimum atomic E-state index is -0.544. The Bertz CT molecular complexity index is 942. The Morgan fingerprint density at radius 3 is 2.50 bits per heavy atom.